The Kier molecular flexibility index (Phi) is 4.51. The number of carbonyl (C=O) groups excluding carboxylic acids is 1. The van der Waals surface area contributed by atoms with Crippen molar-refractivity contribution in [2.45, 2.75) is 68.6 Å². The number of hydrogen-bond donors (Lipinski definition) is 2. The molecular formula is C19H24F3NO4S2. The monoisotopic (exact) mass is 451 g/mol. The first kappa shape index (κ1) is 21.1. The first-order valence-corrected chi connectivity index (χ1v) is 12.4. The van der Waals surface area contributed by atoms with Gasteiger partial charge in [-0.25, -0.2) is 21.6 Å². The largest absolute Gasteiger partial charge is 0.387 e. The van der Waals surface area contributed by atoms with Gasteiger partial charge in [0.15, 0.2) is 0 Å². The zero-order valence-corrected chi connectivity index (χ0v) is 17.9. The van der Waals surface area contributed by atoms with Crippen molar-refractivity contribution in [1.82, 2.24) is 0 Å². The number of amides is 1. The number of carbonyl (C=O) groups is 1. The van der Waals surface area contributed by atoms with Crippen molar-refractivity contribution in [2.75, 3.05) is 17.3 Å². The molecule has 5 nitrogen and oxygen atoms in total. The number of halogens is 3. The Hall–Kier alpha value is -1.13. The van der Waals surface area contributed by atoms with Crippen molar-refractivity contribution in [2.24, 2.45) is 5.41 Å². The Morgan fingerprint density at radius 3 is 2.07 bits per heavy atom. The minimum atomic E-state index is -3.48. The molecule has 4 aliphatic carbocycles. The maximum absolute atomic E-state index is 15.2. The van der Waals surface area contributed by atoms with Crippen LogP contribution in [0.3, 0.4) is 0 Å². The highest BCUT2D eigenvalue weighted by atomic mass is 32.2. The fourth-order valence-corrected chi connectivity index (χ4v) is 7.82. The first-order valence-electron chi connectivity index (χ1n) is 9.48. The summed E-state index contributed by atoms with van der Waals surface area (Å²) in [5.74, 6) is -1.19. The van der Waals surface area contributed by atoms with Crippen LogP contribution in [0.2, 0.25) is 0 Å². The van der Waals surface area contributed by atoms with E-state index in [0.717, 1.165) is 17.6 Å². The third-order valence-electron chi connectivity index (χ3n) is 6.39. The van der Waals surface area contributed by atoms with Gasteiger partial charge in [-0.3, -0.25) is 4.79 Å². The second-order valence-corrected chi connectivity index (χ2v) is 12.6. The molecule has 29 heavy (non-hydrogen) atoms. The molecule has 0 radical (unpaired) electrons. The Balaban J connectivity index is 1.63. The van der Waals surface area contributed by atoms with Gasteiger partial charge in [0, 0.05) is 31.1 Å². The molecule has 4 saturated carbocycles. The van der Waals surface area contributed by atoms with Gasteiger partial charge in [-0.05, 0) is 37.1 Å². The van der Waals surface area contributed by atoms with E-state index in [1.165, 1.54) is 0 Å². The molecule has 4 aliphatic rings. The lowest BCUT2D eigenvalue weighted by molar-refractivity contribution is -0.214. The number of aliphatic hydroxyl groups is 1. The summed E-state index contributed by atoms with van der Waals surface area (Å²) in [5.41, 5.74) is -6.76. The predicted octanol–water partition coefficient (Wildman–Crippen LogP) is 3.57. The molecule has 2 N–H and O–H groups in total. The van der Waals surface area contributed by atoms with Crippen LogP contribution in [0.4, 0.5) is 18.2 Å². The molecule has 10 heteroatoms. The lowest BCUT2D eigenvalue weighted by Crippen LogP contribution is -2.67. The third-order valence-corrected chi connectivity index (χ3v) is 8.34. The highest BCUT2D eigenvalue weighted by Crippen LogP contribution is 2.68. The van der Waals surface area contributed by atoms with Gasteiger partial charge in [-0.2, -0.15) is 0 Å². The maximum atomic E-state index is 15.2. The maximum Gasteiger partial charge on any atom is 0.231 e. The van der Waals surface area contributed by atoms with Gasteiger partial charge >= 0.3 is 0 Å². The number of hydrogen-bond acceptors (Lipinski definition) is 5. The smallest absolute Gasteiger partial charge is 0.231 e. The summed E-state index contributed by atoms with van der Waals surface area (Å²) in [6.45, 7) is 1.67. The van der Waals surface area contributed by atoms with Gasteiger partial charge in [0.25, 0.3) is 0 Å². The van der Waals surface area contributed by atoms with Crippen LogP contribution >= 0.6 is 11.3 Å². The Morgan fingerprint density at radius 2 is 1.62 bits per heavy atom. The lowest BCUT2D eigenvalue weighted by atomic mass is 9.46. The molecule has 162 valence electrons. The fourth-order valence-electron chi connectivity index (χ4n) is 6.08. The van der Waals surface area contributed by atoms with E-state index in [1.807, 2.05) is 0 Å². The number of aryl methyl sites for hydroxylation is 1. The van der Waals surface area contributed by atoms with E-state index < -0.39 is 50.0 Å². The van der Waals surface area contributed by atoms with Crippen LogP contribution in [-0.4, -0.2) is 48.4 Å². The van der Waals surface area contributed by atoms with Crippen LogP contribution < -0.4 is 5.32 Å². The minimum absolute atomic E-state index is 0.227. The molecular weight excluding hydrogens is 427 g/mol. The average molecular weight is 452 g/mol. The molecule has 5 rings (SSSR count). The molecule has 1 aromatic heterocycles. The molecule has 4 bridgehead atoms. The molecule has 4 fully saturated rings. The summed E-state index contributed by atoms with van der Waals surface area (Å²) in [7, 11) is -3.48. The average Bonchev–Trinajstić information content (AvgIpc) is 2.81. The Labute approximate surface area is 171 Å². The van der Waals surface area contributed by atoms with Gasteiger partial charge in [0.05, 0.1) is 17.3 Å². The molecule has 1 unspecified atom stereocenters. The standard InChI is InChI=1S/C19H24F3NO4S2/c1-11-3-28-14(13(11)12(24)4-29(2,26)27)23-15(25)16-5-17(20)8-18(21,6-16)10-19(22,7-16)9-17/h3,12,24H,4-10H2,1-2H3,(H,23,25). The summed E-state index contributed by atoms with van der Waals surface area (Å²) in [5, 5.41) is 14.9. The van der Waals surface area contributed by atoms with Crippen LogP contribution in [0.25, 0.3) is 0 Å². The second-order valence-electron chi connectivity index (χ2n) is 9.52. The van der Waals surface area contributed by atoms with Gasteiger partial charge < -0.3 is 10.4 Å². The van der Waals surface area contributed by atoms with Gasteiger partial charge in [-0.1, -0.05) is 0 Å². The van der Waals surface area contributed by atoms with Crippen molar-refractivity contribution >= 4 is 32.1 Å². The summed E-state index contributed by atoms with van der Waals surface area (Å²) in [4.78, 5) is 13.2. The number of aliphatic hydroxyl groups excluding tert-OH is 1. The quantitative estimate of drug-likeness (QED) is 0.717. The van der Waals surface area contributed by atoms with E-state index in [-0.39, 0.29) is 49.1 Å². The second kappa shape index (κ2) is 6.20. The highest BCUT2D eigenvalue weighted by Gasteiger charge is 2.72. The number of sulfone groups is 1. The number of nitrogens with one attached hydrogen (secondary N) is 1. The zero-order chi connectivity index (χ0) is 21.5. The summed E-state index contributed by atoms with van der Waals surface area (Å²) >= 11 is 1.09. The van der Waals surface area contributed by atoms with Crippen LogP contribution in [0.5, 0.6) is 0 Å². The Bertz CT molecular complexity index is 923. The van der Waals surface area contributed by atoms with E-state index in [1.54, 1.807) is 12.3 Å². The van der Waals surface area contributed by atoms with Gasteiger partial charge in [0.1, 0.15) is 31.8 Å². The van der Waals surface area contributed by atoms with Crippen LogP contribution in [-0.2, 0) is 14.6 Å². The van der Waals surface area contributed by atoms with Crippen molar-refractivity contribution in [3.05, 3.63) is 16.5 Å². The van der Waals surface area contributed by atoms with E-state index in [9.17, 15) is 18.3 Å². The van der Waals surface area contributed by atoms with Crippen molar-refractivity contribution in [1.29, 1.82) is 0 Å². The minimum Gasteiger partial charge on any atom is -0.387 e. The molecule has 0 spiro atoms. The van der Waals surface area contributed by atoms with Crippen LogP contribution in [0.15, 0.2) is 5.38 Å². The zero-order valence-electron chi connectivity index (χ0n) is 16.2. The molecule has 1 aromatic rings. The van der Waals surface area contributed by atoms with Crippen LogP contribution in [0, 0.1) is 12.3 Å². The molecule has 1 atom stereocenters. The molecule has 0 saturated heterocycles. The highest BCUT2D eigenvalue weighted by molar-refractivity contribution is 7.90. The summed E-state index contributed by atoms with van der Waals surface area (Å²) in [6, 6.07) is 0. The normalized spacial score (nSPS) is 39.5. The molecule has 0 aromatic carbocycles. The van der Waals surface area contributed by atoms with Crippen LogP contribution in [0.1, 0.15) is 55.8 Å². The lowest BCUT2D eigenvalue weighted by Gasteiger charge is -2.62. The van der Waals surface area contributed by atoms with Gasteiger partial charge in [0.2, 0.25) is 5.91 Å². The van der Waals surface area contributed by atoms with E-state index in [4.69, 9.17) is 0 Å². The SMILES string of the molecule is Cc1csc(NC(=O)C23CC4(F)CC(F)(CC(F)(C4)C2)C3)c1C(O)CS(C)(=O)=O. The van der Waals surface area contributed by atoms with Crippen molar-refractivity contribution in [3.63, 3.8) is 0 Å². The number of thiophene rings is 1. The summed E-state index contributed by atoms with van der Waals surface area (Å²) in [6.07, 6.45) is -2.17. The first-order chi connectivity index (χ1) is 13.2. The topological polar surface area (TPSA) is 83.5 Å². The fraction of sp³-hybridized carbons (Fsp3) is 0.737. The van der Waals surface area contributed by atoms with E-state index in [2.05, 4.69) is 5.32 Å². The van der Waals surface area contributed by atoms with Crippen molar-refractivity contribution < 1.29 is 31.5 Å². The predicted molar refractivity (Wildman–Crippen MR) is 104 cm³/mol. The summed E-state index contributed by atoms with van der Waals surface area (Å²) < 4.78 is 68.6. The number of alkyl halides is 3. The van der Waals surface area contributed by atoms with Gasteiger partial charge in [-0.15, -0.1) is 11.3 Å². The molecule has 1 amide bonds. The number of anilines is 1. The third kappa shape index (κ3) is 3.72. The van der Waals surface area contributed by atoms with E-state index >= 15 is 13.2 Å². The Morgan fingerprint density at radius 1 is 1.14 bits per heavy atom. The molecule has 0 aliphatic heterocycles. The molecule has 1 heterocycles. The van der Waals surface area contributed by atoms with Crippen molar-refractivity contribution in [3.8, 4) is 0 Å². The van der Waals surface area contributed by atoms with E-state index in [0.29, 0.717) is 5.56 Å². The number of rotatable bonds is 5.